The summed E-state index contributed by atoms with van der Waals surface area (Å²) in [5.74, 6) is 0. The third kappa shape index (κ3) is 5.47. The Hall–Kier alpha value is -2.23. The second-order valence-electron chi connectivity index (χ2n) is 7.18. The van der Waals surface area contributed by atoms with Crippen molar-refractivity contribution in [3.8, 4) is 5.69 Å². The van der Waals surface area contributed by atoms with E-state index in [1.165, 1.54) is 6.92 Å². The van der Waals surface area contributed by atoms with Gasteiger partial charge in [0, 0.05) is 5.70 Å². The fraction of sp³-hybridized carbons (Fsp3) is 0.278. The number of alkyl halides is 9. The number of thioether (sulfide) groups is 1. The molecule has 1 aromatic heterocycles. The van der Waals surface area contributed by atoms with Crippen LogP contribution in [0, 0.1) is 0 Å². The lowest BCUT2D eigenvalue weighted by Gasteiger charge is -2.34. The highest BCUT2D eigenvalue weighted by atomic mass is 35.5. The van der Waals surface area contributed by atoms with Crippen LogP contribution in [0.4, 0.5) is 39.5 Å². The number of hydrogen-bond acceptors (Lipinski definition) is 5. The Bertz CT molecular complexity index is 1210. The summed E-state index contributed by atoms with van der Waals surface area (Å²) in [5, 5.41) is 4.05. The molecule has 1 aliphatic heterocycles. The van der Waals surface area contributed by atoms with Crippen LogP contribution in [0.5, 0.6) is 0 Å². The molecule has 1 aromatic carbocycles. The van der Waals surface area contributed by atoms with E-state index in [0.29, 0.717) is 12.1 Å². The molecule has 2 heterocycles. The Morgan fingerprint density at radius 2 is 1.54 bits per heavy atom. The maximum absolute atomic E-state index is 13.8. The largest absolute Gasteiger partial charge is 0.446 e. The van der Waals surface area contributed by atoms with Crippen molar-refractivity contribution < 1.29 is 39.5 Å². The molecule has 5 N–H and O–H groups in total. The number of benzene rings is 1. The zero-order valence-corrected chi connectivity index (χ0v) is 19.3. The summed E-state index contributed by atoms with van der Waals surface area (Å²) in [6.07, 6.45) is -8.27. The van der Waals surface area contributed by atoms with Gasteiger partial charge >= 0.3 is 17.9 Å². The summed E-state index contributed by atoms with van der Waals surface area (Å²) in [4.78, 5) is -1.47. The molecule has 0 bridgehead atoms. The van der Waals surface area contributed by atoms with Gasteiger partial charge in [-0.3, -0.25) is 0 Å². The SMILES string of the molecule is CC1=C(N)C=CC(N)(c2c(SC(F)(F)F)c(C(F)(F)F)nn2-c2c(Cl)cc(C(F)(F)F)cc2Cl)N1. The van der Waals surface area contributed by atoms with Crippen LogP contribution in [0.15, 0.2) is 40.6 Å². The first-order valence-corrected chi connectivity index (χ1v) is 10.6. The molecule has 0 amide bonds. The van der Waals surface area contributed by atoms with Gasteiger partial charge in [0.05, 0.1) is 26.2 Å². The molecule has 3 rings (SSSR count). The van der Waals surface area contributed by atoms with Crippen molar-refractivity contribution in [2.45, 2.75) is 35.3 Å². The van der Waals surface area contributed by atoms with Crippen LogP contribution in [0.2, 0.25) is 10.0 Å². The normalized spacial score (nSPS) is 19.3. The molecule has 0 radical (unpaired) electrons. The number of halogens is 11. The molecule has 192 valence electrons. The number of rotatable bonds is 3. The van der Waals surface area contributed by atoms with E-state index < -0.39 is 72.9 Å². The second kappa shape index (κ2) is 8.71. The van der Waals surface area contributed by atoms with Crippen LogP contribution in [0.1, 0.15) is 23.9 Å². The molecule has 0 saturated carbocycles. The van der Waals surface area contributed by atoms with Crippen molar-refractivity contribution in [2.75, 3.05) is 0 Å². The Labute approximate surface area is 204 Å². The zero-order chi connectivity index (χ0) is 26.7. The maximum atomic E-state index is 13.8. The zero-order valence-electron chi connectivity index (χ0n) is 16.9. The summed E-state index contributed by atoms with van der Waals surface area (Å²) >= 11 is 10.7. The van der Waals surface area contributed by atoms with E-state index in [-0.39, 0.29) is 16.1 Å². The van der Waals surface area contributed by atoms with Crippen LogP contribution in [-0.2, 0) is 18.0 Å². The first-order valence-electron chi connectivity index (χ1n) is 9.00. The van der Waals surface area contributed by atoms with Gasteiger partial charge in [-0.05, 0) is 43.0 Å². The third-order valence-corrected chi connectivity index (χ3v) is 6.03. The number of allylic oxidation sites excluding steroid dienone is 2. The van der Waals surface area contributed by atoms with Gasteiger partial charge in [-0.1, -0.05) is 23.2 Å². The minimum absolute atomic E-state index is 0.0730. The van der Waals surface area contributed by atoms with Crippen molar-refractivity contribution in [2.24, 2.45) is 11.5 Å². The molecular formula is C18H12Cl2F9N5S. The van der Waals surface area contributed by atoms with Crippen LogP contribution < -0.4 is 16.8 Å². The topological polar surface area (TPSA) is 81.9 Å². The molecule has 0 fully saturated rings. The molecule has 35 heavy (non-hydrogen) atoms. The quantitative estimate of drug-likeness (QED) is 0.298. The summed E-state index contributed by atoms with van der Waals surface area (Å²) in [6, 6.07) is 0.684. The molecule has 0 saturated heterocycles. The van der Waals surface area contributed by atoms with Crippen LogP contribution in [0.3, 0.4) is 0 Å². The van der Waals surface area contributed by atoms with Crippen molar-refractivity contribution in [1.82, 2.24) is 15.1 Å². The highest BCUT2D eigenvalue weighted by Gasteiger charge is 2.48. The van der Waals surface area contributed by atoms with Crippen molar-refractivity contribution in [3.63, 3.8) is 0 Å². The average Bonchev–Trinajstić information content (AvgIpc) is 3.02. The van der Waals surface area contributed by atoms with Gasteiger partial charge in [0.15, 0.2) is 11.4 Å². The second-order valence-corrected chi connectivity index (χ2v) is 9.07. The number of dihydropyridines is 1. The van der Waals surface area contributed by atoms with E-state index >= 15 is 0 Å². The summed E-state index contributed by atoms with van der Waals surface area (Å²) in [7, 11) is 0. The highest BCUT2D eigenvalue weighted by Crippen LogP contribution is 2.49. The lowest BCUT2D eigenvalue weighted by Crippen LogP contribution is -2.51. The minimum Gasteiger partial charge on any atom is -0.397 e. The number of nitrogens with two attached hydrogens (primary N) is 2. The fourth-order valence-corrected chi connectivity index (χ4v) is 4.65. The Morgan fingerprint density at radius 1 is 1.00 bits per heavy atom. The predicted octanol–water partition coefficient (Wildman–Crippen LogP) is 6.29. The van der Waals surface area contributed by atoms with Crippen LogP contribution in [-0.4, -0.2) is 15.3 Å². The molecule has 1 aliphatic rings. The predicted molar refractivity (Wildman–Crippen MR) is 111 cm³/mol. The van der Waals surface area contributed by atoms with E-state index in [1.54, 1.807) is 0 Å². The Kier molecular flexibility index (Phi) is 6.81. The number of nitrogens with zero attached hydrogens (tertiary/aromatic N) is 2. The van der Waals surface area contributed by atoms with E-state index in [0.717, 1.165) is 12.2 Å². The van der Waals surface area contributed by atoms with Crippen molar-refractivity contribution >= 4 is 35.0 Å². The van der Waals surface area contributed by atoms with E-state index in [2.05, 4.69) is 10.4 Å². The maximum Gasteiger partial charge on any atom is 0.446 e. The number of hydrogen-bond donors (Lipinski definition) is 3. The minimum atomic E-state index is -5.43. The number of nitrogens with one attached hydrogen (secondary N) is 1. The first kappa shape index (κ1) is 27.4. The monoisotopic (exact) mass is 571 g/mol. The summed E-state index contributed by atoms with van der Waals surface area (Å²) in [5.41, 5.74) is -0.574. The van der Waals surface area contributed by atoms with Gasteiger partial charge in [0.1, 0.15) is 11.4 Å². The average molecular weight is 572 g/mol. The number of aromatic nitrogens is 2. The lowest BCUT2D eigenvalue weighted by atomic mass is 10.0. The van der Waals surface area contributed by atoms with Gasteiger partial charge in [-0.2, -0.15) is 44.6 Å². The standard InChI is InChI=1S/C18H12Cl2F9N5S/c1-6-10(30)2-3-15(31,32-6)14-12(35-18(27,28)29)13(17(24,25)26)33-34(14)11-8(19)4-7(5-9(11)20)16(21,22)23/h2-5,32H,30-31H2,1H3. The van der Waals surface area contributed by atoms with Crippen LogP contribution in [0.25, 0.3) is 5.69 Å². The molecule has 0 spiro atoms. The molecule has 17 heteroatoms. The van der Waals surface area contributed by atoms with Gasteiger partial charge in [0.25, 0.3) is 0 Å². The smallest absolute Gasteiger partial charge is 0.397 e. The van der Waals surface area contributed by atoms with E-state index in [4.69, 9.17) is 34.7 Å². The lowest BCUT2D eigenvalue weighted by molar-refractivity contribution is -0.143. The molecule has 0 aliphatic carbocycles. The summed E-state index contributed by atoms with van der Waals surface area (Å²) < 4.78 is 121. The van der Waals surface area contributed by atoms with E-state index in [9.17, 15) is 39.5 Å². The van der Waals surface area contributed by atoms with Crippen molar-refractivity contribution in [1.29, 1.82) is 0 Å². The van der Waals surface area contributed by atoms with Gasteiger partial charge < -0.3 is 16.8 Å². The molecular weight excluding hydrogens is 560 g/mol. The molecule has 1 atom stereocenters. The van der Waals surface area contributed by atoms with Gasteiger partial charge in [0.2, 0.25) is 0 Å². The summed E-state index contributed by atoms with van der Waals surface area (Å²) in [6.45, 7) is 1.35. The van der Waals surface area contributed by atoms with E-state index in [1.807, 2.05) is 0 Å². The Morgan fingerprint density at radius 3 is 1.97 bits per heavy atom. The van der Waals surface area contributed by atoms with Crippen molar-refractivity contribution in [3.05, 3.63) is 62.7 Å². The van der Waals surface area contributed by atoms with Gasteiger partial charge in [-0.25, -0.2) is 4.68 Å². The molecule has 2 aromatic rings. The first-order chi connectivity index (χ1) is 15.7. The highest BCUT2D eigenvalue weighted by molar-refractivity contribution is 8.00. The third-order valence-electron chi connectivity index (χ3n) is 4.63. The van der Waals surface area contributed by atoms with Crippen LogP contribution >= 0.6 is 35.0 Å². The molecule has 5 nitrogen and oxygen atoms in total. The fourth-order valence-electron chi connectivity index (χ4n) is 3.17. The molecule has 1 unspecified atom stereocenters. The Balaban J connectivity index is 2.44. The van der Waals surface area contributed by atoms with Gasteiger partial charge in [-0.15, -0.1) is 0 Å².